The Labute approximate surface area is 107 Å². The van der Waals surface area contributed by atoms with Crippen LogP contribution in [0.5, 0.6) is 5.75 Å². The van der Waals surface area contributed by atoms with Crippen LogP contribution in [0.1, 0.15) is 38.2 Å². The molecule has 1 fully saturated rings. The summed E-state index contributed by atoms with van der Waals surface area (Å²) in [6, 6.07) is 7.55. The first-order chi connectivity index (χ1) is 8.54. The predicted octanol–water partition coefficient (Wildman–Crippen LogP) is 2.82. The largest absolute Gasteiger partial charge is 0.411 e. The molecule has 1 heterocycles. The van der Waals surface area contributed by atoms with Gasteiger partial charge in [0.05, 0.1) is 12.2 Å². The smallest absolute Gasteiger partial charge is 0.409 e. The van der Waals surface area contributed by atoms with Gasteiger partial charge in [0.2, 0.25) is 0 Å². The Bertz CT molecular complexity index is 406. The van der Waals surface area contributed by atoms with Crippen LogP contribution in [0.4, 0.5) is 4.79 Å². The minimum Gasteiger partial charge on any atom is -0.411 e. The molecule has 2 rings (SSSR count). The number of hydrogen-bond donors (Lipinski definition) is 1. The van der Waals surface area contributed by atoms with Crippen LogP contribution in [0.2, 0.25) is 0 Å². The van der Waals surface area contributed by atoms with E-state index in [1.807, 2.05) is 12.1 Å². The van der Waals surface area contributed by atoms with E-state index in [2.05, 4.69) is 13.8 Å². The second kappa shape index (κ2) is 5.40. The number of nitrogens with two attached hydrogens (primary N) is 1. The zero-order valence-electron chi connectivity index (χ0n) is 10.8. The molecular weight excluding hydrogens is 230 g/mol. The van der Waals surface area contributed by atoms with Gasteiger partial charge < -0.3 is 15.2 Å². The molecule has 0 spiro atoms. The molecule has 0 bridgehead atoms. The van der Waals surface area contributed by atoms with Crippen molar-refractivity contribution >= 4 is 6.09 Å². The Hall–Kier alpha value is -1.55. The van der Waals surface area contributed by atoms with Gasteiger partial charge in [-0.2, -0.15) is 0 Å². The van der Waals surface area contributed by atoms with Crippen LogP contribution in [0.25, 0.3) is 0 Å². The molecule has 0 radical (unpaired) electrons. The molecular formula is C14H19NO3. The summed E-state index contributed by atoms with van der Waals surface area (Å²) in [7, 11) is 0. The van der Waals surface area contributed by atoms with E-state index in [4.69, 9.17) is 15.2 Å². The van der Waals surface area contributed by atoms with E-state index in [0.717, 1.165) is 12.8 Å². The van der Waals surface area contributed by atoms with Crippen LogP contribution in [-0.4, -0.2) is 18.3 Å². The molecule has 0 aromatic heterocycles. The van der Waals surface area contributed by atoms with E-state index in [-0.39, 0.29) is 0 Å². The number of benzene rings is 1. The Morgan fingerprint density at radius 3 is 2.28 bits per heavy atom. The summed E-state index contributed by atoms with van der Waals surface area (Å²) in [5.41, 5.74) is 6.22. The minimum atomic E-state index is -0.781. The van der Waals surface area contributed by atoms with Crippen molar-refractivity contribution < 1.29 is 14.3 Å². The zero-order valence-corrected chi connectivity index (χ0v) is 10.8. The van der Waals surface area contributed by atoms with E-state index < -0.39 is 6.09 Å². The fraction of sp³-hybridized carbons (Fsp3) is 0.500. The van der Waals surface area contributed by atoms with Gasteiger partial charge in [-0.05, 0) is 50.3 Å². The quantitative estimate of drug-likeness (QED) is 0.876. The van der Waals surface area contributed by atoms with E-state index in [1.165, 1.54) is 5.56 Å². The monoisotopic (exact) mass is 249 g/mol. The number of hydrogen-bond acceptors (Lipinski definition) is 3. The first kappa shape index (κ1) is 12.9. The highest BCUT2D eigenvalue weighted by atomic mass is 16.5. The molecule has 1 aliphatic heterocycles. The van der Waals surface area contributed by atoms with Gasteiger partial charge in [-0.3, -0.25) is 0 Å². The lowest BCUT2D eigenvalue weighted by molar-refractivity contribution is -0.0380. The molecule has 2 N–H and O–H groups in total. The second-order valence-corrected chi connectivity index (χ2v) is 4.92. The molecule has 98 valence electrons. The normalized spacial score (nSPS) is 27.8. The molecule has 1 aromatic rings. The van der Waals surface area contributed by atoms with Crippen molar-refractivity contribution in [3.63, 3.8) is 0 Å². The Morgan fingerprint density at radius 2 is 1.78 bits per heavy atom. The minimum absolute atomic E-state index is 0.292. The molecule has 0 aliphatic carbocycles. The lowest BCUT2D eigenvalue weighted by atomic mass is 9.86. The third kappa shape index (κ3) is 3.23. The van der Waals surface area contributed by atoms with E-state index in [0.29, 0.717) is 23.9 Å². The van der Waals surface area contributed by atoms with Crippen LogP contribution < -0.4 is 10.5 Å². The SMILES string of the molecule is CC1CC(c2ccc(OC(N)=O)cc2)CC(C)O1. The molecule has 18 heavy (non-hydrogen) atoms. The second-order valence-electron chi connectivity index (χ2n) is 4.92. The maximum atomic E-state index is 10.6. The fourth-order valence-corrected chi connectivity index (χ4v) is 2.60. The third-order valence-corrected chi connectivity index (χ3v) is 3.27. The summed E-state index contributed by atoms with van der Waals surface area (Å²) in [4.78, 5) is 10.6. The van der Waals surface area contributed by atoms with Crippen molar-refractivity contribution in [2.75, 3.05) is 0 Å². The highest BCUT2D eigenvalue weighted by molar-refractivity contribution is 5.68. The van der Waals surface area contributed by atoms with Crippen molar-refractivity contribution in [2.24, 2.45) is 5.73 Å². The average Bonchev–Trinajstić information content (AvgIpc) is 2.27. The number of carbonyl (C=O) groups is 1. The summed E-state index contributed by atoms with van der Waals surface area (Å²) in [6.07, 6.45) is 1.86. The van der Waals surface area contributed by atoms with Gasteiger partial charge in [-0.25, -0.2) is 4.79 Å². The first-order valence-electron chi connectivity index (χ1n) is 6.27. The average molecular weight is 249 g/mol. The van der Waals surface area contributed by atoms with Gasteiger partial charge in [-0.1, -0.05) is 12.1 Å². The topological polar surface area (TPSA) is 61.5 Å². The molecule has 4 heteroatoms. The molecule has 2 unspecified atom stereocenters. The zero-order chi connectivity index (χ0) is 13.1. The van der Waals surface area contributed by atoms with Gasteiger partial charge in [0.15, 0.2) is 0 Å². The molecule has 1 saturated heterocycles. The van der Waals surface area contributed by atoms with E-state index >= 15 is 0 Å². The summed E-state index contributed by atoms with van der Waals surface area (Å²) >= 11 is 0. The predicted molar refractivity (Wildman–Crippen MR) is 68.6 cm³/mol. The van der Waals surface area contributed by atoms with Crippen LogP contribution in [-0.2, 0) is 4.74 Å². The van der Waals surface area contributed by atoms with Crippen molar-refractivity contribution in [3.8, 4) is 5.75 Å². The Balaban J connectivity index is 2.06. The highest BCUT2D eigenvalue weighted by Crippen LogP contribution is 2.33. The van der Waals surface area contributed by atoms with Crippen molar-refractivity contribution in [2.45, 2.75) is 44.8 Å². The molecule has 4 nitrogen and oxygen atoms in total. The fourth-order valence-electron chi connectivity index (χ4n) is 2.60. The summed E-state index contributed by atoms with van der Waals surface area (Å²) in [6.45, 7) is 4.21. The lowest BCUT2D eigenvalue weighted by Crippen LogP contribution is -2.28. The number of rotatable bonds is 2. The van der Waals surface area contributed by atoms with Gasteiger partial charge in [0, 0.05) is 0 Å². The molecule has 0 saturated carbocycles. The maximum absolute atomic E-state index is 10.6. The molecule has 2 atom stereocenters. The summed E-state index contributed by atoms with van der Waals surface area (Å²) in [5.74, 6) is 0.991. The Kier molecular flexibility index (Phi) is 3.87. The van der Waals surface area contributed by atoms with Gasteiger partial charge >= 0.3 is 6.09 Å². The highest BCUT2D eigenvalue weighted by Gasteiger charge is 2.25. The van der Waals surface area contributed by atoms with Crippen LogP contribution in [0.3, 0.4) is 0 Å². The van der Waals surface area contributed by atoms with Crippen LogP contribution in [0.15, 0.2) is 24.3 Å². The van der Waals surface area contributed by atoms with Gasteiger partial charge in [-0.15, -0.1) is 0 Å². The van der Waals surface area contributed by atoms with Crippen molar-refractivity contribution in [3.05, 3.63) is 29.8 Å². The van der Waals surface area contributed by atoms with Crippen molar-refractivity contribution in [1.29, 1.82) is 0 Å². The number of amides is 1. The summed E-state index contributed by atoms with van der Waals surface area (Å²) in [5, 5.41) is 0. The van der Waals surface area contributed by atoms with E-state index in [9.17, 15) is 4.79 Å². The number of carbonyl (C=O) groups excluding carboxylic acids is 1. The van der Waals surface area contributed by atoms with Crippen molar-refractivity contribution in [1.82, 2.24) is 0 Å². The van der Waals surface area contributed by atoms with Crippen LogP contribution in [0, 0.1) is 0 Å². The van der Waals surface area contributed by atoms with Crippen LogP contribution >= 0.6 is 0 Å². The lowest BCUT2D eigenvalue weighted by Gasteiger charge is -2.32. The number of ether oxygens (including phenoxy) is 2. The standard InChI is InChI=1S/C14H19NO3/c1-9-7-12(8-10(2)17-9)11-3-5-13(6-4-11)18-14(15)16/h3-6,9-10,12H,7-8H2,1-2H3,(H2,15,16). The Morgan fingerprint density at radius 1 is 1.22 bits per heavy atom. The maximum Gasteiger partial charge on any atom is 0.409 e. The van der Waals surface area contributed by atoms with Gasteiger partial charge in [0.25, 0.3) is 0 Å². The summed E-state index contributed by atoms with van der Waals surface area (Å²) < 4.78 is 10.5. The molecule has 1 amide bonds. The third-order valence-electron chi connectivity index (χ3n) is 3.27. The van der Waals surface area contributed by atoms with E-state index in [1.54, 1.807) is 12.1 Å². The van der Waals surface area contributed by atoms with Gasteiger partial charge in [0.1, 0.15) is 5.75 Å². The number of primary amides is 1. The molecule has 1 aliphatic rings. The first-order valence-corrected chi connectivity index (χ1v) is 6.27. The molecule has 1 aromatic carbocycles.